The van der Waals surface area contributed by atoms with E-state index in [0.717, 1.165) is 11.4 Å². The molecule has 5 rings (SSSR count). The zero-order valence-electron chi connectivity index (χ0n) is 16.8. The van der Waals surface area contributed by atoms with E-state index in [4.69, 9.17) is 4.99 Å². The average Bonchev–Trinajstić information content (AvgIpc) is 3.16. The van der Waals surface area contributed by atoms with Gasteiger partial charge in [-0.2, -0.15) is 0 Å². The number of aryl methyl sites for hydroxylation is 2. The summed E-state index contributed by atoms with van der Waals surface area (Å²) in [5.74, 6) is 0.676. The highest BCUT2D eigenvalue weighted by atomic mass is 14.8. The second-order valence-corrected chi connectivity index (χ2v) is 9.34. The predicted molar refractivity (Wildman–Crippen MR) is 116 cm³/mol. The Bertz CT molecular complexity index is 1080. The van der Waals surface area contributed by atoms with Gasteiger partial charge in [0.15, 0.2) is 0 Å². The van der Waals surface area contributed by atoms with Crippen molar-refractivity contribution in [3.05, 3.63) is 76.3 Å². The second kappa shape index (κ2) is 5.79. The summed E-state index contributed by atoms with van der Waals surface area (Å²) in [5, 5.41) is 2.77. The first-order valence-corrected chi connectivity index (χ1v) is 10.1. The molecule has 27 heavy (non-hydrogen) atoms. The van der Waals surface area contributed by atoms with E-state index in [2.05, 4.69) is 76.2 Å². The van der Waals surface area contributed by atoms with Gasteiger partial charge in [0.2, 0.25) is 0 Å². The molecule has 0 spiro atoms. The molecule has 1 saturated carbocycles. The summed E-state index contributed by atoms with van der Waals surface area (Å²) in [6, 6.07) is 18.1. The maximum Gasteiger partial charge on any atom is 0.0789 e. The van der Waals surface area contributed by atoms with Gasteiger partial charge in [0, 0.05) is 16.5 Å². The molecule has 1 aliphatic carbocycles. The van der Waals surface area contributed by atoms with Gasteiger partial charge in [-0.1, -0.05) is 55.3 Å². The molecule has 1 nitrogen and oxygen atoms in total. The van der Waals surface area contributed by atoms with Crippen molar-refractivity contribution < 1.29 is 0 Å². The molecule has 1 unspecified atom stereocenters. The van der Waals surface area contributed by atoms with Crippen molar-refractivity contribution in [1.29, 1.82) is 0 Å². The molecule has 1 heteroatoms. The van der Waals surface area contributed by atoms with Gasteiger partial charge in [-0.05, 0) is 73.6 Å². The third-order valence-electron chi connectivity index (χ3n) is 6.44. The first-order chi connectivity index (χ1) is 12.9. The largest absolute Gasteiger partial charge is 0.247 e. The predicted octanol–water partition coefficient (Wildman–Crippen LogP) is 7.23. The van der Waals surface area contributed by atoms with Crippen LogP contribution >= 0.6 is 0 Å². The molecule has 1 heterocycles. The second-order valence-electron chi connectivity index (χ2n) is 9.34. The molecule has 1 fully saturated rings. The van der Waals surface area contributed by atoms with Gasteiger partial charge in [0.05, 0.1) is 11.4 Å². The van der Waals surface area contributed by atoms with Crippen LogP contribution in [0.15, 0.2) is 53.5 Å². The minimum atomic E-state index is 0.466. The Balaban J connectivity index is 1.66. The lowest BCUT2D eigenvalue weighted by atomic mass is 9.85. The van der Waals surface area contributed by atoms with Gasteiger partial charge < -0.3 is 0 Å². The molecule has 0 saturated heterocycles. The lowest BCUT2D eigenvalue weighted by molar-refractivity contribution is 0.376. The van der Waals surface area contributed by atoms with Crippen LogP contribution in [0.25, 0.3) is 10.8 Å². The van der Waals surface area contributed by atoms with E-state index in [0.29, 0.717) is 11.3 Å². The molecule has 0 bridgehead atoms. The van der Waals surface area contributed by atoms with E-state index in [1.165, 1.54) is 57.9 Å². The summed E-state index contributed by atoms with van der Waals surface area (Å²) in [7, 11) is 0. The van der Waals surface area contributed by atoms with Crippen LogP contribution in [-0.2, 0) is 0 Å². The standard InChI is InChI=1S/C26H27N/c1-16-12-17(2)14-19(13-16)25-22-9-8-20(18-10-11-26(3,4)15-18)21-6-5-7-23(27-25)24(21)22/h5-9,12-14,18H,10-11,15H2,1-4H3. The summed E-state index contributed by atoms with van der Waals surface area (Å²) in [5.41, 5.74) is 9.38. The van der Waals surface area contributed by atoms with Crippen molar-refractivity contribution in [1.82, 2.24) is 0 Å². The summed E-state index contributed by atoms with van der Waals surface area (Å²) in [6.45, 7) is 9.15. The molecule has 3 aromatic rings. The summed E-state index contributed by atoms with van der Waals surface area (Å²) < 4.78 is 0. The minimum Gasteiger partial charge on any atom is -0.247 e. The average molecular weight is 354 g/mol. The molecule has 0 radical (unpaired) electrons. The third-order valence-corrected chi connectivity index (χ3v) is 6.44. The van der Waals surface area contributed by atoms with Gasteiger partial charge in [-0.15, -0.1) is 0 Å². The molecule has 2 aliphatic rings. The Morgan fingerprint density at radius 3 is 2.44 bits per heavy atom. The molecule has 1 aliphatic heterocycles. The quantitative estimate of drug-likeness (QED) is 0.360. The fourth-order valence-electron chi connectivity index (χ4n) is 5.27. The minimum absolute atomic E-state index is 0.466. The van der Waals surface area contributed by atoms with Crippen molar-refractivity contribution in [2.24, 2.45) is 10.4 Å². The van der Waals surface area contributed by atoms with Gasteiger partial charge in [0.25, 0.3) is 0 Å². The van der Waals surface area contributed by atoms with Gasteiger partial charge >= 0.3 is 0 Å². The first-order valence-electron chi connectivity index (χ1n) is 10.1. The van der Waals surface area contributed by atoms with Crippen molar-refractivity contribution in [2.45, 2.75) is 52.9 Å². The highest BCUT2D eigenvalue weighted by Gasteiger charge is 2.33. The van der Waals surface area contributed by atoms with E-state index in [-0.39, 0.29) is 0 Å². The van der Waals surface area contributed by atoms with Crippen LogP contribution in [0.2, 0.25) is 0 Å². The van der Waals surface area contributed by atoms with Crippen LogP contribution in [0, 0.1) is 19.3 Å². The molecular weight excluding hydrogens is 326 g/mol. The van der Waals surface area contributed by atoms with Crippen molar-refractivity contribution in [3.63, 3.8) is 0 Å². The summed E-state index contributed by atoms with van der Waals surface area (Å²) in [4.78, 5) is 5.06. The number of hydrogen-bond acceptors (Lipinski definition) is 1. The monoisotopic (exact) mass is 353 g/mol. The Labute approximate surface area is 162 Å². The Hall–Kier alpha value is -2.41. The highest BCUT2D eigenvalue weighted by Crippen LogP contribution is 2.49. The van der Waals surface area contributed by atoms with Crippen molar-refractivity contribution in [2.75, 3.05) is 0 Å². The fourth-order valence-corrected chi connectivity index (χ4v) is 5.27. The lowest BCUT2D eigenvalue weighted by Gasteiger charge is -2.19. The Morgan fingerprint density at radius 1 is 0.963 bits per heavy atom. The zero-order chi connectivity index (χ0) is 18.8. The smallest absolute Gasteiger partial charge is 0.0789 e. The van der Waals surface area contributed by atoms with Crippen molar-refractivity contribution >= 4 is 22.2 Å². The molecule has 3 aromatic carbocycles. The van der Waals surface area contributed by atoms with Crippen LogP contribution < -0.4 is 0 Å². The maximum atomic E-state index is 5.06. The Kier molecular flexibility index (Phi) is 3.59. The molecule has 1 atom stereocenters. The van der Waals surface area contributed by atoms with Crippen LogP contribution in [0.3, 0.4) is 0 Å². The highest BCUT2D eigenvalue weighted by molar-refractivity contribution is 6.26. The number of aliphatic imine (C=N–C) groups is 1. The number of hydrogen-bond donors (Lipinski definition) is 0. The topological polar surface area (TPSA) is 12.4 Å². The zero-order valence-corrected chi connectivity index (χ0v) is 16.8. The molecule has 0 amide bonds. The summed E-state index contributed by atoms with van der Waals surface area (Å²) in [6.07, 6.45) is 3.91. The SMILES string of the molecule is Cc1cc(C)cc(C2=Nc3cccc4c(C5CCC(C)(C)C5)ccc2c34)c1. The molecular formula is C26H27N. The van der Waals surface area contributed by atoms with Crippen LogP contribution in [-0.4, -0.2) is 5.71 Å². The van der Waals surface area contributed by atoms with E-state index in [9.17, 15) is 0 Å². The fraction of sp³-hybridized carbons (Fsp3) is 0.346. The van der Waals surface area contributed by atoms with E-state index in [1.807, 2.05) is 0 Å². The number of benzene rings is 3. The van der Waals surface area contributed by atoms with Crippen LogP contribution in [0.5, 0.6) is 0 Å². The maximum absolute atomic E-state index is 5.06. The molecule has 136 valence electrons. The normalized spacial score (nSPS) is 20.3. The molecule has 0 aromatic heterocycles. The van der Waals surface area contributed by atoms with E-state index in [1.54, 1.807) is 0 Å². The van der Waals surface area contributed by atoms with Crippen LogP contribution in [0.1, 0.15) is 66.8 Å². The Morgan fingerprint density at radius 2 is 1.74 bits per heavy atom. The molecule has 0 N–H and O–H groups in total. The van der Waals surface area contributed by atoms with Crippen LogP contribution in [0.4, 0.5) is 5.69 Å². The lowest BCUT2D eigenvalue weighted by Crippen LogP contribution is -2.05. The van der Waals surface area contributed by atoms with E-state index >= 15 is 0 Å². The van der Waals surface area contributed by atoms with E-state index < -0.39 is 0 Å². The summed E-state index contributed by atoms with van der Waals surface area (Å²) >= 11 is 0. The first kappa shape index (κ1) is 16.7. The van der Waals surface area contributed by atoms with Gasteiger partial charge in [-0.3, -0.25) is 0 Å². The number of nitrogens with zero attached hydrogens (tertiary/aromatic N) is 1. The third kappa shape index (κ3) is 2.72. The number of rotatable bonds is 2. The van der Waals surface area contributed by atoms with Gasteiger partial charge in [0.1, 0.15) is 0 Å². The van der Waals surface area contributed by atoms with Gasteiger partial charge in [-0.25, -0.2) is 4.99 Å². The van der Waals surface area contributed by atoms with Crippen molar-refractivity contribution in [3.8, 4) is 0 Å².